The molecule has 0 aliphatic heterocycles. The predicted molar refractivity (Wildman–Crippen MR) is 270 cm³/mol. The van der Waals surface area contributed by atoms with Gasteiger partial charge >= 0.3 is 17.9 Å². The zero-order valence-corrected chi connectivity index (χ0v) is 40.2. The van der Waals surface area contributed by atoms with Gasteiger partial charge in [0.1, 0.15) is 6.61 Å². The number of carboxylic acids is 1. The first-order valence-corrected chi connectivity index (χ1v) is 23.6. The van der Waals surface area contributed by atoms with Gasteiger partial charge in [0.2, 0.25) is 0 Å². The number of rotatable bonds is 39. The Hall–Kier alpha value is -5.05. The molecule has 1 N–H and O–H groups in total. The number of quaternary nitrogens is 1. The lowest BCUT2D eigenvalue weighted by molar-refractivity contribution is -0.887. The summed E-state index contributed by atoms with van der Waals surface area (Å²) in [6, 6.07) is -0.644. The van der Waals surface area contributed by atoms with Gasteiger partial charge in [0.15, 0.2) is 12.1 Å². The second-order valence-electron chi connectivity index (χ2n) is 16.0. The first kappa shape index (κ1) is 58.9. The molecule has 0 aromatic rings. The summed E-state index contributed by atoms with van der Waals surface area (Å²) in [5.74, 6) is -1.63. The number of esters is 2. The average molecular weight is 883 g/mol. The minimum atomic E-state index is -0.899. The Kier molecular flexibility index (Phi) is 41.0. The van der Waals surface area contributed by atoms with E-state index < -0.39 is 18.1 Å². The highest BCUT2D eigenvalue weighted by Gasteiger charge is 2.31. The number of hydrogen-bond donors (Lipinski definition) is 1. The van der Waals surface area contributed by atoms with Gasteiger partial charge in [-0.3, -0.25) is 9.59 Å². The first-order chi connectivity index (χ1) is 31.1. The van der Waals surface area contributed by atoms with Gasteiger partial charge in [-0.25, -0.2) is 4.79 Å². The van der Waals surface area contributed by atoms with Crippen LogP contribution >= 0.6 is 0 Å². The number of unbranched alkanes of at least 4 members (excludes halogenated alkanes) is 4. The molecule has 64 heavy (non-hydrogen) atoms. The molecule has 0 aromatic heterocycles. The standard InChI is InChI=1S/C56H83NO7/c1-6-8-10-12-14-16-18-20-22-24-25-26-27-28-29-31-32-34-36-38-40-42-44-46-54(58)63-51-52(50-62-49-48-53(56(60)61)57(3,4)5)64-55(59)47-45-43-41-39-37-35-33-30-23-21-19-17-15-13-11-9-7-2/h8-11,13-17,19-23,25-26,28-30,32-35,37-38,40,52-53H,6-7,12,18,24,27,31,36,39,41-51H2,1-5H3/p+1/b10-8+,11-9+,15-13+,16-14+,19-17+,22-20+,23-21+,26-25+,29-28+,33-30+,34-32+,37-35+,40-38+. The van der Waals surface area contributed by atoms with Crippen molar-refractivity contribution in [2.24, 2.45) is 0 Å². The van der Waals surface area contributed by atoms with Crippen molar-refractivity contribution in [2.75, 3.05) is 41.0 Å². The van der Waals surface area contributed by atoms with E-state index in [0.717, 1.165) is 77.0 Å². The van der Waals surface area contributed by atoms with Gasteiger partial charge in [-0.15, -0.1) is 0 Å². The molecule has 0 radical (unpaired) electrons. The zero-order chi connectivity index (χ0) is 47.0. The van der Waals surface area contributed by atoms with Crippen molar-refractivity contribution in [3.8, 4) is 0 Å². The Morgan fingerprint density at radius 3 is 1.41 bits per heavy atom. The first-order valence-electron chi connectivity index (χ1n) is 23.6. The fraction of sp³-hybridized carbons (Fsp3) is 0.482. The lowest BCUT2D eigenvalue weighted by Gasteiger charge is -2.31. The quantitative estimate of drug-likeness (QED) is 0.0216. The second-order valence-corrected chi connectivity index (χ2v) is 16.0. The number of likely N-dealkylation sites (N-methyl/N-ethyl adjacent to an activating group) is 1. The molecule has 0 fully saturated rings. The van der Waals surface area contributed by atoms with Gasteiger partial charge < -0.3 is 23.8 Å². The maximum absolute atomic E-state index is 12.7. The lowest BCUT2D eigenvalue weighted by atomic mass is 10.1. The summed E-state index contributed by atoms with van der Waals surface area (Å²) in [4.78, 5) is 37.1. The van der Waals surface area contributed by atoms with Crippen molar-refractivity contribution >= 4 is 17.9 Å². The van der Waals surface area contributed by atoms with Crippen molar-refractivity contribution in [3.63, 3.8) is 0 Å². The third-order valence-corrected chi connectivity index (χ3v) is 9.33. The third kappa shape index (κ3) is 42.3. The van der Waals surface area contributed by atoms with Gasteiger partial charge in [0.25, 0.3) is 0 Å². The van der Waals surface area contributed by atoms with Crippen molar-refractivity contribution in [2.45, 2.75) is 135 Å². The second kappa shape index (κ2) is 44.6. The van der Waals surface area contributed by atoms with Crippen LogP contribution in [0.15, 0.2) is 158 Å². The Balaban J connectivity index is 4.53. The molecule has 0 spiro atoms. The van der Waals surface area contributed by atoms with Crippen molar-refractivity contribution in [3.05, 3.63) is 158 Å². The van der Waals surface area contributed by atoms with Gasteiger partial charge in [-0.2, -0.15) is 0 Å². The number of allylic oxidation sites excluding steroid dienone is 26. The Morgan fingerprint density at radius 1 is 0.484 bits per heavy atom. The third-order valence-electron chi connectivity index (χ3n) is 9.33. The fourth-order valence-electron chi connectivity index (χ4n) is 5.76. The Bertz CT molecular complexity index is 1590. The predicted octanol–water partition coefficient (Wildman–Crippen LogP) is 13.5. The maximum Gasteiger partial charge on any atom is 0.362 e. The van der Waals surface area contributed by atoms with Crippen molar-refractivity contribution in [1.29, 1.82) is 0 Å². The van der Waals surface area contributed by atoms with Crippen molar-refractivity contribution < 1.29 is 38.2 Å². The largest absolute Gasteiger partial charge is 0.477 e. The summed E-state index contributed by atoms with van der Waals surface area (Å²) >= 11 is 0. The number of carbonyl (C=O) groups is 3. The number of aliphatic carboxylic acids is 1. The number of carboxylic acid groups (broad SMARTS) is 1. The van der Waals surface area contributed by atoms with Crippen LogP contribution in [0.25, 0.3) is 0 Å². The smallest absolute Gasteiger partial charge is 0.362 e. The van der Waals surface area contributed by atoms with Crippen LogP contribution in [-0.2, 0) is 28.6 Å². The molecule has 0 aliphatic carbocycles. The summed E-state index contributed by atoms with van der Waals surface area (Å²) in [6.45, 7) is 4.33. The van der Waals surface area contributed by atoms with E-state index in [0.29, 0.717) is 19.3 Å². The van der Waals surface area contributed by atoms with E-state index in [9.17, 15) is 19.5 Å². The number of nitrogens with zero attached hydrogens (tertiary/aromatic N) is 1. The van der Waals surface area contributed by atoms with Crippen molar-refractivity contribution in [1.82, 2.24) is 0 Å². The average Bonchev–Trinajstić information content (AvgIpc) is 3.26. The molecule has 0 rings (SSSR count). The van der Waals surface area contributed by atoms with E-state index >= 15 is 0 Å². The summed E-state index contributed by atoms with van der Waals surface area (Å²) in [7, 11) is 5.47. The monoisotopic (exact) mass is 883 g/mol. The van der Waals surface area contributed by atoms with E-state index in [1.807, 2.05) is 81.9 Å². The van der Waals surface area contributed by atoms with Crippen LogP contribution in [-0.4, -0.2) is 80.6 Å². The SMILES string of the molecule is CC/C=C/C=C/C=C/C=C/C=C/C=C/CCCCCC(=O)OC(COCCC(C(=O)O)[N+](C)(C)C)COC(=O)CCC/C=C/C/C=C/C/C=C/C/C=C/C/C=C/C/C=C/C/C=C/CC. The lowest BCUT2D eigenvalue weighted by Crippen LogP contribution is -2.50. The van der Waals surface area contributed by atoms with Crippen LogP contribution in [0.1, 0.15) is 123 Å². The van der Waals surface area contributed by atoms with Crippen LogP contribution in [0, 0.1) is 0 Å². The maximum atomic E-state index is 12.7. The van der Waals surface area contributed by atoms with Crippen LogP contribution in [0.4, 0.5) is 0 Å². The molecular formula is C56H84NO7+. The number of carbonyl (C=O) groups excluding carboxylic acids is 2. The minimum absolute atomic E-state index is 0.0112. The summed E-state index contributed by atoms with van der Waals surface area (Å²) in [5.41, 5.74) is 0. The number of ether oxygens (including phenoxy) is 3. The molecule has 8 heteroatoms. The Morgan fingerprint density at radius 2 is 0.922 bits per heavy atom. The van der Waals surface area contributed by atoms with Gasteiger partial charge in [-0.05, 0) is 83.5 Å². The highest BCUT2D eigenvalue weighted by Crippen LogP contribution is 2.11. The molecule has 0 bridgehead atoms. The molecule has 0 saturated heterocycles. The molecule has 8 nitrogen and oxygen atoms in total. The molecule has 354 valence electrons. The van der Waals surface area contributed by atoms with Crippen LogP contribution in [0.5, 0.6) is 0 Å². The molecule has 2 atom stereocenters. The molecule has 0 aliphatic rings. The molecule has 0 saturated carbocycles. The zero-order valence-electron chi connectivity index (χ0n) is 40.2. The van der Waals surface area contributed by atoms with Gasteiger partial charge in [0, 0.05) is 19.3 Å². The van der Waals surface area contributed by atoms with E-state index in [1.165, 1.54) is 0 Å². The number of hydrogen-bond acceptors (Lipinski definition) is 6. The van der Waals surface area contributed by atoms with E-state index in [4.69, 9.17) is 14.2 Å². The van der Waals surface area contributed by atoms with Gasteiger partial charge in [-0.1, -0.05) is 178 Å². The van der Waals surface area contributed by atoms with Crippen LogP contribution in [0.3, 0.4) is 0 Å². The van der Waals surface area contributed by atoms with E-state index in [1.54, 1.807) is 0 Å². The normalized spacial score (nSPS) is 14.3. The fourth-order valence-corrected chi connectivity index (χ4v) is 5.76. The van der Waals surface area contributed by atoms with E-state index in [-0.39, 0.29) is 49.1 Å². The topological polar surface area (TPSA) is 99.1 Å². The minimum Gasteiger partial charge on any atom is -0.477 e. The van der Waals surface area contributed by atoms with Gasteiger partial charge in [0.05, 0.1) is 34.4 Å². The molecular weight excluding hydrogens is 799 g/mol. The van der Waals surface area contributed by atoms with E-state index in [2.05, 4.69) is 111 Å². The molecule has 2 unspecified atom stereocenters. The summed E-state index contributed by atoms with van der Waals surface area (Å²) in [6.07, 6.45) is 67.3. The highest BCUT2D eigenvalue weighted by molar-refractivity contribution is 5.72. The highest BCUT2D eigenvalue weighted by atomic mass is 16.6. The summed E-state index contributed by atoms with van der Waals surface area (Å²) < 4.78 is 17.2. The molecule has 0 heterocycles. The summed E-state index contributed by atoms with van der Waals surface area (Å²) in [5, 5.41) is 9.64. The van der Waals surface area contributed by atoms with Crippen LogP contribution in [0.2, 0.25) is 0 Å². The molecule has 0 aromatic carbocycles. The Labute approximate surface area is 388 Å². The molecule has 0 amide bonds. The van der Waals surface area contributed by atoms with Crippen LogP contribution < -0.4 is 0 Å².